The Kier molecular flexibility index (Phi) is 11.0. The highest BCUT2D eigenvalue weighted by Gasteiger charge is 2.12. The molecule has 0 fully saturated rings. The first kappa shape index (κ1) is 24.1. The lowest BCUT2D eigenvalue weighted by Crippen LogP contribution is -2.17. The molecule has 0 radical (unpaired) electrons. The van der Waals surface area contributed by atoms with Crippen LogP contribution in [0.1, 0.15) is 37.3 Å². The van der Waals surface area contributed by atoms with E-state index in [1.165, 1.54) is 0 Å². The molecule has 0 aliphatic rings. The van der Waals surface area contributed by atoms with Gasteiger partial charge in [-0.05, 0) is 43.1 Å². The molecule has 0 heterocycles. The molecule has 160 valence electrons. The molecule has 0 saturated carbocycles. The van der Waals surface area contributed by atoms with Crippen LogP contribution in [0.5, 0.6) is 11.5 Å². The molecule has 0 aliphatic carbocycles. The minimum atomic E-state index is 0.290. The fraction of sp³-hybridized carbons (Fsp3) is 0.455. The molecular formula is C22H28Cl3NO3. The fourth-order valence-corrected chi connectivity index (χ4v) is 3.33. The van der Waals surface area contributed by atoms with Gasteiger partial charge in [-0.15, -0.1) is 0 Å². The van der Waals surface area contributed by atoms with Gasteiger partial charge in [0.05, 0.1) is 7.11 Å². The quantitative estimate of drug-likeness (QED) is 0.345. The van der Waals surface area contributed by atoms with Gasteiger partial charge in [0, 0.05) is 46.5 Å². The molecule has 29 heavy (non-hydrogen) atoms. The van der Waals surface area contributed by atoms with Gasteiger partial charge < -0.3 is 19.5 Å². The smallest absolute Gasteiger partial charge is 0.163 e. The molecule has 0 atom stereocenters. The third-order valence-electron chi connectivity index (χ3n) is 4.33. The Morgan fingerprint density at radius 1 is 0.897 bits per heavy atom. The average molecular weight is 461 g/mol. The second-order valence-corrected chi connectivity index (χ2v) is 7.87. The molecule has 0 unspecified atom stereocenters. The molecule has 0 aromatic heterocycles. The lowest BCUT2D eigenvalue weighted by molar-refractivity contribution is 0.129. The van der Waals surface area contributed by atoms with Crippen molar-refractivity contribution in [1.82, 2.24) is 5.32 Å². The first-order valence-electron chi connectivity index (χ1n) is 9.76. The first-order chi connectivity index (χ1) is 14.0. The van der Waals surface area contributed by atoms with Crippen molar-refractivity contribution in [3.05, 3.63) is 56.5 Å². The number of hydrogen-bond acceptors (Lipinski definition) is 4. The molecule has 2 rings (SSSR count). The van der Waals surface area contributed by atoms with Crippen LogP contribution in [0.4, 0.5) is 0 Å². The molecule has 0 spiro atoms. The van der Waals surface area contributed by atoms with Gasteiger partial charge in [-0.2, -0.15) is 0 Å². The summed E-state index contributed by atoms with van der Waals surface area (Å²) in [5, 5.41) is 5.15. The predicted octanol–water partition coefficient (Wildman–Crippen LogP) is 6.53. The van der Waals surface area contributed by atoms with Crippen molar-refractivity contribution in [2.75, 3.05) is 26.9 Å². The van der Waals surface area contributed by atoms with Gasteiger partial charge in [0.2, 0.25) is 0 Å². The van der Waals surface area contributed by atoms with Gasteiger partial charge in [-0.3, -0.25) is 0 Å². The number of hydrogen-bond donors (Lipinski definition) is 1. The van der Waals surface area contributed by atoms with E-state index in [9.17, 15) is 0 Å². The zero-order valence-electron chi connectivity index (χ0n) is 16.9. The van der Waals surface area contributed by atoms with E-state index in [0.29, 0.717) is 33.1 Å². The third-order valence-corrected chi connectivity index (χ3v) is 5.27. The van der Waals surface area contributed by atoms with Crippen molar-refractivity contribution in [2.24, 2.45) is 0 Å². The molecule has 1 N–H and O–H groups in total. The summed E-state index contributed by atoms with van der Waals surface area (Å²) in [4.78, 5) is 0. The lowest BCUT2D eigenvalue weighted by atomic mass is 10.2. The van der Waals surface area contributed by atoms with Crippen LogP contribution in [0.3, 0.4) is 0 Å². The highest BCUT2D eigenvalue weighted by Crippen LogP contribution is 2.34. The monoisotopic (exact) mass is 459 g/mol. The number of ether oxygens (including phenoxy) is 3. The number of unbranched alkanes of at least 4 members (excludes halogenated alkanes) is 1. The first-order valence-corrected chi connectivity index (χ1v) is 10.9. The largest absolute Gasteiger partial charge is 0.493 e. The predicted molar refractivity (Wildman–Crippen MR) is 121 cm³/mol. The summed E-state index contributed by atoms with van der Waals surface area (Å²) in [6.45, 7) is 5.56. The maximum absolute atomic E-state index is 6.45. The maximum Gasteiger partial charge on any atom is 0.163 e. The standard InChI is InChI=1S/C22H28Cl3NO3/c1-3-4-9-28-10-5-8-26-14-17-11-21(27-2)22(13-20(17)25)29-15-16-6-7-18(23)12-19(16)24/h6-7,11-13,26H,3-5,8-10,14-15H2,1-2H3. The summed E-state index contributed by atoms with van der Waals surface area (Å²) in [6.07, 6.45) is 3.23. The highest BCUT2D eigenvalue weighted by molar-refractivity contribution is 6.35. The molecule has 0 bridgehead atoms. The Morgan fingerprint density at radius 3 is 2.38 bits per heavy atom. The van der Waals surface area contributed by atoms with Crippen molar-refractivity contribution >= 4 is 34.8 Å². The second-order valence-electron chi connectivity index (χ2n) is 6.62. The number of benzene rings is 2. The van der Waals surface area contributed by atoms with Crippen molar-refractivity contribution in [1.29, 1.82) is 0 Å². The average Bonchev–Trinajstić information content (AvgIpc) is 2.70. The van der Waals surface area contributed by atoms with Gasteiger partial charge >= 0.3 is 0 Å². The van der Waals surface area contributed by atoms with Crippen LogP contribution >= 0.6 is 34.8 Å². The van der Waals surface area contributed by atoms with Gasteiger partial charge in [0.15, 0.2) is 11.5 Å². The van der Waals surface area contributed by atoms with E-state index in [1.807, 2.05) is 12.1 Å². The van der Waals surface area contributed by atoms with E-state index < -0.39 is 0 Å². The minimum Gasteiger partial charge on any atom is -0.493 e. The van der Waals surface area contributed by atoms with Crippen molar-refractivity contribution in [3.63, 3.8) is 0 Å². The van der Waals surface area contributed by atoms with Gasteiger partial charge in [-0.1, -0.05) is 54.2 Å². The number of halogens is 3. The van der Waals surface area contributed by atoms with Crippen LogP contribution in [0.15, 0.2) is 30.3 Å². The maximum atomic E-state index is 6.45. The summed E-state index contributed by atoms with van der Waals surface area (Å²) in [6, 6.07) is 8.97. The fourth-order valence-electron chi connectivity index (χ4n) is 2.65. The SMILES string of the molecule is CCCCOCCCNCc1cc(OC)c(OCc2ccc(Cl)cc2Cl)cc1Cl. The summed E-state index contributed by atoms with van der Waals surface area (Å²) in [7, 11) is 1.61. The minimum absolute atomic E-state index is 0.290. The van der Waals surface area contributed by atoms with Crippen LogP contribution in [-0.2, 0) is 17.9 Å². The zero-order valence-corrected chi connectivity index (χ0v) is 19.2. The summed E-state index contributed by atoms with van der Waals surface area (Å²) < 4.78 is 16.9. The van der Waals surface area contributed by atoms with Gasteiger partial charge in [0.1, 0.15) is 6.61 Å². The van der Waals surface area contributed by atoms with Crippen molar-refractivity contribution < 1.29 is 14.2 Å². The number of methoxy groups -OCH3 is 1. The Balaban J connectivity index is 1.87. The normalized spacial score (nSPS) is 10.9. The molecule has 0 amide bonds. The molecule has 0 aliphatic heterocycles. The molecule has 2 aromatic carbocycles. The lowest BCUT2D eigenvalue weighted by Gasteiger charge is -2.15. The topological polar surface area (TPSA) is 39.7 Å². The Morgan fingerprint density at radius 2 is 1.66 bits per heavy atom. The van der Waals surface area contributed by atoms with Crippen LogP contribution < -0.4 is 14.8 Å². The second kappa shape index (κ2) is 13.2. The van der Waals surface area contributed by atoms with Gasteiger partial charge in [0.25, 0.3) is 0 Å². The van der Waals surface area contributed by atoms with Crippen LogP contribution in [0, 0.1) is 0 Å². The van der Waals surface area contributed by atoms with E-state index in [0.717, 1.165) is 50.1 Å². The summed E-state index contributed by atoms with van der Waals surface area (Å²) in [5.74, 6) is 1.19. The third kappa shape index (κ3) is 8.23. The van der Waals surface area contributed by atoms with Crippen molar-refractivity contribution in [2.45, 2.75) is 39.3 Å². The van der Waals surface area contributed by atoms with Crippen LogP contribution in [0.2, 0.25) is 15.1 Å². The molecular weight excluding hydrogens is 433 g/mol. The van der Waals surface area contributed by atoms with Crippen LogP contribution in [-0.4, -0.2) is 26.9 Å². The Bertz CT molecular complexity index is 771. The molecule has 2 aromatic rings. The van der Waals surface area contributed by atoms with Gasteiger partial charge in [-0.25, -0.2) is 0 Å². The number of nitrogens with one attached hydrogen (secondary N) is 1. The van der Waals surface area contributed by atoms with E-state index in [4.69, 9.17) is 49.0 Å². The van der Waals surface area contributed by atoms with E-state index in [1.54, 1.807) is 25.3 Å². The summed E-state index contributed by atoms with van der Waals surface area (Å²) in [5.41, 5.74) is 1.79. The van der Waals surface area contributed by atoms with E-state index in [2.05, 4.69) is 12.2 Å². The van der Waals surface area contributed by atoms with Crippen molar-refractivity contribution in [3.8, 4) is 11.5 Å². The van der Waals surface area contributed by atoms with E-state index >= 15 is 0 Å². The Labute approximate surface area is 188 Å². The molecule has 7 heteroatoms. The molecule has 4 nitrogen and oxygen atoms in total. The Hall–Kier alpha value is -1.17. The number of rotatable bonds is 13. The highest BCUT2D eigenvalue weighted by atomic mass is 35.5. The summed E-state index contributed by atoms with van der Waals surface area (Å²) >= 11 is 18.6. The van der Waals surface area contributed by atoms with Crippen LogP contribution in [0.25, 0.3) is 0 Å². The zero-order chi connectivity index (χ0) is 21.1. The van der Waals surface area contributed by atoms with E-state index in [-0.39, 0.29) is 6.61 Å². The molecule has 0 saturated heterocycles.